The van der Waals surface area contributed by atoms with E-state index in [0.717, 1.165) is 23.5 Å². The molecule has 0 aliphatic rings. The third-order valence-corrected chi connectivity index (χ3v) is 3.50. The topological polar surface area (TPSA) is 57.0 Å². The van der Waals surface area contributed by atoms with E-state index in [-0.39, 0.29) is 12.1 Å². The standard InChI is InChI=1S/C16H28N2O3/c1-12(11-20-4)18(9-10-19-3)14-7-6-8-15(21-5)16(14)13(2)17/h6-8,12-13H,9-11,17H2,1-5H3. The second-order valence-corrected chi connectivity index (χ2v) is 5.17. The first kappa shape index (κ1) is 17.8. The third-order valence-electron chi connectivity index (χ3n) is 3.50. The van der Waals surface area contributed by atoms with Gasteiger partial charge in [0.2, 0.25) is 0 Å². The summed E-state index contributed by atoms with van der Waals surface area (Å²) in [5.41, 5.74) is 8.25. The van der Waals surface area contributed by atoms with Gasteiger partial charge < -0.3 is 24.8 Å². The van der Waals surface area contributed by atoms with E-state index in [9.17, 15) is 0 Å². The molecule has 2 unspecified atom stereocenters. The average Bonchev–Trinajstić information content (AvgIpc) is 2.47. The van der Waals surface area contributed by atoms with Crippen LogP contribution in [0.3, 0.4) is 0 Å². The highest BCUT2D eigenvalue weighted by molar-refractivity contribution is 5.61. The Morgan fingerprint density at radius 1 is 1.14 bits per heavy atom. The van der Waals surface area contributed by atoms with Crippen molar-refractivity contribution in [2.24, 2.45) is 5.73 Å². The molecule has 0 fully saturated rings. The highest BCUT2D eigenvalue weighted by Gasteiger charge is 2.21. The second kappa shape index (κ2) is 8.87. The molecular weight excluding hydrogens is 268 g/mol. The number of nitrogens with two attached hydrogens (primary N) is 1. The maximum Gasteiger partial charge on any atom is 0.125 e. The summed E-state index contributed by atoms with van der Waals surface area (Å²) in [6, 6.07) is 6.10. The van der Waals surface area contributed by atoms with Crippen molar-refractivity contribution in [1.82, 2.24) is 0 Å². The van der Waals surface area contributed by atoms with Crippen LogP contribution in [0.5, 0.6) is 5.75 Å². The Balaban J connectivity index is 3.22. The van der Waals surface area contributed by atoms with Gasteiger partial charge in [0.15, 0.2) is 0 Å². The van der Waals surface area contributed by atoms with Crippen molar-refractivity contribution in [3.05, 3.63) is 23.8 Å². The quantitative estimate of drug-likeness (QED) is 0.757. The van der Waals surface area contributed by atoms with Crippen LogP contribution in [0.25, 0.3) is 0 Å². The van der Waals surface area contributed by atoms with Crippen LogP contribution < -0.4 is 15.4 Å². The first-order valence-corrected chi connectivity index (χ1v) is 7.23. The molecule has 21 heavy (non-hydrogen) atoms. The maximum absolute atomic E-state index is 6.16. The zero-order valence-electron chi connectivity index (χ0n) is 13.8. The molecule has 0 aliphatic carbocycles. The Hall–Kier alpha value is -1.30. The summed E-state index contributed by atoms with van der Waals surface area (Å²) in [5, 5.41) is 0. The SMILES string of the molecule is COCCN(c1cccc(OC)c1C(C)N)C(C)COC. The van der Waals surface area contributed by atoms with Crippen LogP contribution in [0.15, 0.2) is 18.2 Å². The number of rotatable bonds is 9. The molecule has 0 aliphatic heterocycles. The molecule has 0 heterocycles. The van der Waals surface area contributed by atoms with E-state index < -0.39 is 0 Å². The molecule has 2 N–H and O–H groups in total. The monoisotopic (exact) mass is 296 g/mol. The summed E-state index contributed by atoms with van der Waals surface area (Å²) >= 11 is 0. The van der Waals surface area contributed by atoms with Gasteiger partial charge in [-0.05, 0) is 26.0 Å². The van der Waals surface area contributed by atoms with E-state index in [4.69, 9.17) is 19.9 Å². The predicted molar refractivity (Wildman–Crippen MR) is 86.2 cm³/mol. The van der Waals surface area contributed by atoms with Gasteiger partial charge in [-0.2, -0.15) is 0 Å². The van der Waals surface area contributed by atoms with Crippen molar-refractivity contribution in [1.29, 1.82) is 0 Å². The summed E-state index contributed by atoms with van der Waals surface area (Å²) in [6.45, 7) is 6.15. The normalized spacial score (nSPS) is 13.8. The fourth-order valence-electron chi connectivity index (χ4n) is 2.52. The Morgan fingerprint density at radius 2 is 1.86 bits per heavy atom. The first-order valence-electron chi connectivity index (χ1n) is 7.23. The van der Waals surface area contributed by atoms with Gasteiger partial charge in [-0.15, -0.1) is 0 Å². The first-order chi connectivity index (χ1) is 10.1. The lowest BCUT2D eigenvalue weighted by molar-refractivity contribution is 0.171. The number of ether oxygens (including phenoxy) is 3. The van der Waals surface area contributed by atoms with E-state index in [1.807, 2.05) is 19.1 Å². The molecule has 0 aromatic heterocycles. The minimum Gasteiger partial charge on any atom is -0.496 e. The van der Waals surface area contributed by atoms with Gasteiger partial charge >= 0.3 is 0 Å². The lowest BCUT2D eigenvalue weighted by atomic mass is 10.0. The van der Waals surface area contributed by atoms with Crippen molar-refractivity contribution in [3.8, 4) is 5.75 Å². The van der Waals surface area contributed by atoms with Gasteiger partial charge in [0.05, 0.1) is 20.3 Å². The van der Waals surface area contributed by atoms with Gasteiger partial charge in [-0.1, -0.05) is 6.07 Å². The van der Waals surface area contributed by atoms with E-state index in [0.29, 0.717) is 13.2 Å². The van der Waals surface area contributed by atoms with Gasteiger partial charge in [-0.25, -0.2) is 0 Å². The molecule has 1 aromatic rings. The molecule has 120 valence electrons. The van der Waals surface area contributed by atoms with Crippen LogP contribution in [0, 0.1) is 0 Å². The van der Waals surface area contributed by atoms with Crippen molar-refractivity contribution < 1.29 is 14.2 Å². The molecular formula is C16H28N2O3. The van der Waals surface area contributed by atoms with Crippen LogP contribution in [-0.2, 0) is 9.47 Å². The number of hydrogen-bond acceptors (Lipinski definition) is 5. The molecule has 0 radical (unpaired) electrons. The lowest BCUT2D eigenvalue weighted by Crippen LogP contribution is -2.39. The molecule has 1 aromatic carbocycles. The van der Waals surface area contributed by atoms with E-state index in [2.05, 4.69) is 17.9 Å². The minimum absolute atomic E-state index is 0.115. The van der Waals surface area contributed by atoms with Gasteiger partial charge in [0, 0.05) is 44.1 Å². The van der Waals surface area contributed by atoms with E-state index in [1.54, 1.807) is 21.3 Å². The lowest BCUT2D eigenvalue weighted by Gasteiger charge is -2.33. The highest BCUT2D eigenvalue weighted by atomic mass is 16.5. The highest BCUT2D eigenvalue weighted by Crippen LogP contribution is 2.34. The largest absolute Gasteiger partial charge is 0.496 e. The second-order valence-electron chi connectivity index (χ2n) is 5.17. The van der Waals surface area contributed by atoms with Crippen molar-refractivity contribution in [2.75, 3.05) is 46.0 Å². The number of anilines is 1. The van der Waals surface area contributed by atoms with Gasteiger partial charge in [-0.3, -0.25) is 0 Å². The number of nitrogens with zero attached hydrogens (tertiary/aromatic N) is 1. The molecule has 0 saturated carbocycles. The van der Waals surface area contributed by atoms with Crippen molar-refractivity contribution in [2.45, 2.75) is 25.9 Å². The third kappa shape index (κ3) is 4.59. The smallest absolute Gasteiger partial charge is 0.125 e. The fraction of sp³-hybridized carbons (Fsp3) is 0.625. The van der Waals surface area contributed by atoms with Crippen LogP contribution in [0.1, 0.15) is 25.5 Å². The zero-order chi connectivity index (χ0) is 15.8. The molecule has 0 bridgehead atoms. The Labute approximate surface area is 128 Å². The molecule has 1 rings (SSSR count). The van der Waals surface area contributed by atoms with Crippen LogP contribution in [0.4, 0.5) is 5.69 Å². The molecule has 5 nitrogen and oxygen atoms in total. The summed E-state index contributed by atoms with van der Waals surface area (Å²) in [6.07, 6.45) is 0. The molecule has 2 atom stereocenters. The maximum atomic E-state index is 6.16. The number of hydrogen-bond donors (Lipinski definition) is 1. The van der Waals surface area contributed by atoms with E-state index in [1.165, 1.54) is 0 Å². The van der Waals surface area contributed by atoms with Crippen molar-refractivity contribution in [3.63, 3.8) is 0 Å². The molecule has 5 heteroatoms. The van der Waals surface area contributed by atoms with E-state index >= 15 is 0 Å². The summed E-state index contributed by atoms with van der Waals surface area (Å²) in [7, 11) is 5.09. The summed E-state index contributed by atoms with van der Waals surface area (Å²) in [5.74, 6) is 0.814. The summed E-state index contributed by atoms with van der Waals surface area (Å²) in [4.78, 5) is 2.26. The van der Waals surface area contributed by atoms with Crippen LogP contribution in [0.2, 0.25) is 0 Å². The van der Waals surface area contributed by atoms with Gasteiger partial charge in [0.25, 0.3) is 0 Å². The molecule has 0 amide bonds. The molecule has 0 spiro atoms. The van der Waals surface area contributed by atoms with Crippen LogP contribution in [-0.4, -0.2) is 47.1 Å². The Morgan fingerprint density at radius 3 is 2.38 bits per heavy atom. The minimum atomic E-state index is -0.115. The molecule has 0 saturated heterocycles. The van der Waals surface area contributed by atoms with Crippen molar-refractivity contribution >= 4 is 5.69 Å². The average molecular weight is 296 g/mol. The summed E-state index contributed by atoms with van der Waals surface area (Å²) < 4.78 is 16.0. The van der Waals surface area contributed by atoms with Gasteiger partial charge in [0.1, 0.15) is 5.75 Å². The zero-order valence-corrected chi connectivity index (χ0v) is 13.8. The number of benzene rings is 1. The number of methoxy groups -OCH3 is 3. The Kier molecular flexibility index (Phi) is 7.50. The fourth-order valence-corrected chi connectivity index (χ4v) is 2.52. The predicted octanol–water partition coefficient (Wildman–Crippen LogP) is 2.20. The van der Waals surface area contributed by atoms with Crippen LogP contribution >= 0.6 is 0 Å². The Bertz CT molecular complexity index is 424.